The van der Waals surface area contributed by atoms with Gasteiger partial charge in [0.1, 0.15) is 11.5 Å². The van der Waals surface area contributed by atoms with Crippen LogP contribution < -0.4 is 0 Å². The molecule has 108 valence electrons. The molecule has 5 nitrogen and oxygen atoms in total. The van der Waals surface area contributed by atoms with Crippen LogP contribution in [0, 0.1) is 5.82 Å². The summed E-state index contributed by atoms with van der Waals surface area (Å²) in [5, 5.41) is 10.5. The first-order valence-corrected chi connectivity index (χ1v) is 6.82. The standard InChI is InChI=1S/C14H10FNO4S/c15-9-3-1-2-8(4-9)5-13-16-10(7-21-13)11(17)6-12(18)14(19)20/h1-4,7H,5-6H2,(H,19,20). The molecule has 1 aromatic carbocycles. The van der Waals surface area contributed by atoms with Crippen LogP contribution in [0.5, 0.6) is 0 Å². The van der Waals surface area contributed by atoms with E-state index in [4.69, 9.17) is 5.11 Å². The molecule has 1 N–H and O–H groups in total. The zero-order chi connectivity index (χ0) is 15.4. The number of benzene rings is 1. The normalized spacial score (nSPS) is 10.3. The maximum atomic E-state index is 13.1. The van der Waals surface area contributed by atoms with Gasteiger partial charge in [0.15, 0.2) is 5.78 Å². The zero-order valence-corrected chi connectivity index (χ0v) is 11.5. The van der Waals surface area contributed by atoms with Crippen molar-refractivity contribution in [2.75, 3.05) is 0 Å². The van der Waals surface area contributed by atoms with Crippen molar-refractivity contribution >= 4 is 28.9 Å². The zero-order valence-electron chi connectivity index (χ0n) is 10.7. The topological polar surface area (TPSA) is 84.3 Å². The number of carbonyl (C=O) groups is 3. The van der Waals surface area contributed by atoms with E-state index >= 15 is 0 Å². The van der Waals surface area contributed by atoms with Crippen LogP contribution in [0.4, 0.5) is 4.39 Å². The van der Waals surface area contributed by atoms with E-state index in [1.165, 1.54) is 28.8 Å². The molecular weight excluding hydrogens is 297 g/mol. The van der Waals surface area contributed by atoms with E-state index in [9.17, 15) is 18.8 Å². The van der Waals surface area contributed by atoms with Gasteiger partial charge in [0.05, 0.1) is 11.4 Å². The number of carboxylic acid groups (broad SMARTS) is 1. The van der Waals surface area contributed by atoms with Crippen LogP contribution in [-0.2, 0) is 16.0 Å². The summed E-state index contributed by atoms with van der Waals surface area (Å²) < 4.78 is 13.1. The van der Waals surface area contributed by atoms with Crippen LogP contribution in [0.3, 0.4) is 0 Å². The summed E-state index contributed by atoms with van der Waals surface area (Å²) >= 11 is 1.20. The van der Waals surface area contributed by atoms with Gasteiger partial charge in [-0.15, -0.1) is 11.3 Å². The highest BCUT2D eigenvalue weighted by atomic mass is 32.1. The maximum absolute atomic E-state index is 13.1. The van der Waals surface area contributed by atoms with Crippen molar-refractivity contribution in [3.8, 4) is 0 Å². The van der Waals surface area contributed by atoms with E-state index in [1.807, 2.05) is 0 Å². The molecule has 0 saturated carbocycles. The Balaban J connectivity index is 2.06. The van der Waals surface area contributed by atoms with Crippen LogP contribution in [0.25, 0.3) is 0 Å². The lowest BCUT2D eigenvalue weighted by Crippen LogP contribution is -2.17. The molecule has 0 aliphatic heterocycles. The molecule has 0 amide bonds. The van der Waals surface area contributed by atoms with Crippen LogP contribution in [0.1, 0.15) is 27.5 Å². The van der Waals surface area contributed by atoms with Crippen LogP contribution >= 0.6 is 11.3 Å². The number of hydrogen-bond acceptors (Lipinski definition) is 5. The van der Waals surface area contributed by atoms with E-state index in [0.717, 1.165) is 0 Å². The van der Waals surface area contributed by atoms with Crippen LogP contribution in [0.2, 0.25) is 0 Å². The SMILES string of the molecule is O=C(O)C(=O)CC(=O)c1csc(Cc2cccc(F)c2)n1. The fourth-order valence-corrected chi connectivity index (χ4v) is 2.49. The molecule has 21 heavy (non-hydrogen) atoms. The van der Waals surface area contributed by atoms with Crippen molar-refractivity contribution in [1.29, 1.82) is 0 Å². The van der Waals surface area contributed by atoms with Crippen molar-refractivity contribution in [3.63, 3.8) is 0 Å². The summed E-state index contributed by atoms with van der Waals surface area (Å²) in [6, 6.07) is 6.02. The third kappa shape index (κ3) is 4.03. The van der Waals surface area contributed by atoms with E-state index in [2.05, 4.69) is 4.98 Å². The van der Waals surface area contributed by atoms with Gasteiger partial charge in [-0.3, -0.25) is 9.59 Å². The van der Waals surface area contributed by atoms with Gasteiger partial charge in [-0.25, -0.2) is 14.2 Å². The molecule has 0 spiro atoms. The highest BCUT2D eigenvalue weighted by molar-refractivity contribution is 7.09. The van der Waals surface area contributed by atoms with Crippen molar-refractivity contribution < 1.29 is 23.9 Å². The lowest BCUT2D eigenvalue weighted by Gasteiger charge is -1.97. The predicted molar refractivity (Wildman–Crippen MR) is 72.9 cm³/mol. The summed E-state index contributed by atoms with van der Waals surface area (Å²) in [4.78, 5) is 37.1. The lowest BCUT2D eigenvalue weighted by molar-refractivity contribution is -0.148. The van der Waals surface area contributed by atoms with Gasteiger partial charge < -0.3 is 5.11 Å². The fourth-order valence-electron chi connectivity index (χ4n) is 1.65. The number of hydrogen-bond donors (Lipinski definition) is 1. The summed E-state index contributed by atoms with van der Waals surface area (Å²) in [5.41, 5.74) is 0.769. The second-order valence-corrected chi connectivity index (χ2v) is 5.20. The first-order chi connectivity index (χ1) is 9.95. The van der Waals surface area contributed by atoms with Gasteiger partial charge in [0.2, 0.25) is 5.78 Å². The number of rotatable bonds is 6. The average molecular weight is 307 g/mol. The van der Waals surface area contributed by atoms with Gasteiger partial charge in [-0.1, -0.05) is 12.1 Å². The van der Waals surface area contributed by atoms with Gasteiger partial charge >= 0.3 is 5.97 Å². The van der Waals surface area contributed by atoms with Crippen LogP contribution in [0.15, 0.2) is 29.6 Å². The molecule has 1 aromatic heterocycles. The largest absolute Gasteiger partial charge is 0.475 e. The Morgan fingerprint density at radius 3 is 2.71 bits per heavy atom. The number of Topliss-reactive ketones (excluding diaryl/α,β-unsaturated/α-hetero) is 2. The smallest absolute Gasteiger partial charge is 0.372 e. The highest BCUT2D eigenvalue weighted by Gasteiger charge is 2.19. The summed E-state index contributed by atoms with van der Waals surface area (Å²) in [5.74, 6) is -3.80. The highest BCUT2D eigenvalue weighted by Crippen LogP contribution is 2.16. The molecule has 0 aliphatic carbocycles. The Morgan fingerprint density at radius 1 is 1.29 bits per heavy atom. The number of aliphatic carboxylic acids is 1. The molecular formula is C14H10FNO4S. The summed E-state index contributed by atoms with van der Waals surface area (Å²) in [6.45, 7) is 0. The fraction of sp³-hybridized carbons (Fsp3) is 0.143. The number of thiazole rings is 1. The third-order valence-electron chi connectivity index (χ3n) is 2.64. The van der Waals surface area contributed by atoms with E-state index in [1.54, 1.807) is 12.1 Å². The Morgan fingerprint density at radius 2 is 2.05 bits per heavy atom. The minimum atomic E-state index is -1.64. The van der Waals surface area contributed by atoms with E-state index < -0.39 is 24.0 Å². The first kappa shape index (κ1) is 15.0. The number of halogens is 1. The molecule has 0 saturated heterocycles. The van der Waals surface area contributed by atoms with Crippen molar-refractivity contribution in [2.45, 2.75) is 12.8 Å². The number of carboxylic acids is 1. The Bertz CT molecular complexity index is 711. The third-order valence-corrected chi connectivity index (χ3v) is 3.49. The summed E-state index contributed by atoms with van der Waals surface area (Å²) in [7, 11) is 0. The first-order valence-electron chi connectivity index (χ1n) is 5.94. The van der Waals surface area contributed by atoms with Crippen LogP contribution in [-0.4, -0.2) is 27.6 Å². The van der Waals surface area contributed by atoms with Gasteiger partial charge in [-0.05, 0) is 17.7 Å². The van der Waals surface area contributed by atoms with E-state index in [-0.39, 0.29) is 11.5 Å². The molecule has 2 aromatic rings. The molecule has 0 unspecified atom stereocenters. The minimum absolute atomic E-state index is 0.0565. The predicted octanol–water partition coefficient (Wildman–Crippen LogP) is 2.10. The number of ketones is 2. The number of aromatic nitrogens is 1. The Labute approximate surface area is 123 Å². The molecule has 0 atom stereocenters. The number of nitrogens with zero attached hydrogens (tertiary/aromatic N) is 1. The second kappa shape index (κ2) is 6.36. The number of carbonyl (C=O) groups excluding carboxylic acids is 2. The van der Waals surface area contributed by atoms with Gasteiger partial charge in [0, 0.05) is 11.8 Å². The Hall–Kier alpha value is -2.41. The van der Waals surface area contributed by atoms with Crippen molar-refractivity contribution in [3.05, 3.63) is 51.7 Å². The van der Waals surface area contributed by atoms with Crippen molar-refractivity contribution in [1.82, 2.24) is 4.98 Å². The lowest BCUT2D eigenvalue weighted by atomic mass is 10.1. The molecule has 0 bridgehead atoms. The summed E-state index contributed by atoms with van der Waals surface area (Å²) in [6.07, 6.45) is -0.346. The van der Waals surface area contributed by atoms with Gasteiger partial charge in [0.25, 0.3) is 0 Å². The maximum Gasteiger partial charge on any atom is 0.372 e. The van der Waals surface area contributed by atoms with Gasteiger partial charge in [-0.2, -0.15) is 0 Å². The monoisotopic (exact) mass is 307 g/mol. The molecule has 0 aliphatic rings. The quantitative estimate of drug-likeness (QED) is 0.502. The molecule has 0 radical (unpaired) electrons. The minimum Gasteiger partial charge on any atom is -0.475 e. The molecule has 2 rings (SSSR count). The van der Waals surface area contributed by atoms with Crippen molar-refractivity contribution in [2.24, 2.45) is 0 Å². The molecule has 1 heterocycles. The average Bonchev–Trinajstić information content (AvgIpc) is 2.87. The Kier molecular flexibility index (Phi) is 4.54. The second-order valence-electron chi connectivity index (χ2n) is 4.26. The molecule has 7 heteroatoms. The molecule has 0 fully saturated rings. The van der Waals surface area contributed by atoms with E-state index in [0.29, 0.717) is 17.0 Å².